The van der Waals surface area contributed by atoms with Crippen LogP contribution in [-0.2, 0) is 4.79 Å². The van der Waals surface area contributed by atoms with E-state index in [2.05, 4.69) is 22.6 Å². The third-order valence-corrected chi connectivity index (χ3v) is 4.13. The zero-order valence-corrected chi connectivity index (χ0v) is 13.0. The van der Waals surface area contributed by atoms with E-state index in [1.807, 2.05) is 0 Å². The number of piperidine rings is 1. The minimum atomic E-state index is -0.832. The Morgan fingerprint density at radius 3 is 2.85 bits per heavy atom. The van der Waals surface area contributed by atoms with Crippen LogP contribution in [0.25, 0.3) is 0 Å². The number of carboxylic acids is 1. The SMILES string of the molecule is O=C(O)CC1CCCN(C(=O)c2cc(I)ccc2O)C1. The molecule has 0 saturated carbocycles. The van der Waals surface area contributed by atoms with Gasteiger partial charge in [0.05, 0.1) is 5.56 Å². The number of amides is 1. The van der Waals surface area contributed by atoms with Gasteiger partial charge in [-0.05, 0) is 59.5 Å². The number of carbonyl (C=O) groups excluding carboxylic acids is 1. The molecule has 1 heterocycles. The molecule has 1 fully saturated rings. The monoisotopic (exact) mass is 389 g/mol. The Morgan fingerprint density at radius 2 is 2.15 bits per heavy atom. The molecule has 1 aromatic rings. The molecule has 5 nitrogen and oxygen atoms in total. The van der Waals surface area contributed by atoms with E-state index in [0.29, 0.717) is 13.1 Å². The van der Waals surface area contributed by atoms with Gasteiger partial charge in [0.15, 0.2) is 0 Å². The van der Waals surface area contributed by atoms with E-state index in [9.17, 15) is 14.7 Å². The van der Waals surface area contributed by atoms with Crippen molar-refractivity contribution >= 4 is 34.5 Å². The third kappa shape index (κ3) is 3.62. The first kappa shape index (κ1) is 15.1. The van der Waals surface area contributed by atoms with Crippen LogP contribution >= 0.6 is 22.6 Å². The number of carboxylic acid groups (broad SMARTS) is 1. The van der Waals surface area contributed by atoms with E-state index in [0.717, 1.165) is 16.4 Å². The quantitative estimate of drug-likeness (QED) is 0.778. The number of aliphatic carboxylic acids is 1. The number of hydrogen-bond acceptors (Lipinski definition) is 3. The maximum atomic E-state index is 12.4. The number of likely N-dealkylation sites (tertiary alicyclic amines) is 1. The molecular weight excluding hydrogens is 373 g/mol. The van der Waals surface area contributed by atoms with Crippen molar-refractivity contribution in [1.82, 2.24) is 4.90 Å². The zero-order chi connectivity index (χ0) is 14.7. The standard InChI is InChI=1S/C14H16INO4/c15-10-3-4-12(17)11(7-10)14(20)16-5-1-2-9(8-16)6-13(18)19/h3-4,7,9,17H,1-2,5-6,8H2,(H,18,19). The van der Waals surface area contributed by atoms with E-state index >= 15 is 0 Å². The van der Waals surface area contributed by atoms with E-state index in [1.165, 1.54) is 6.07 Å². The second-order valence-corrected chi connectivity index (χ2v) is 6.26. The number of phenols is 1. The number of phenolic OH excluding ortho intramolecular Hbond substituents is 1. The Hall–Kier alpha value is -1.31. The van der Waals surface area contributed by atoms with Crippen LogP contribution < -0.4 is 0 Å². The van der Waals surface area contributed by atoms with Gasteiger partial charge in [-0.15, -0.1) is 0 Å². The Morgan fingerprint density at radius 1 is 1.40 bits per heavy atom. The Labute approximate surface area is 130 Å². The van der Waals surface area contributed by atoms with Gasteiger partial charge in [-0.3, -0.25) is 9.59 Å². The molecule has 1 saturated heterocycles. The number of carbonyl (C=O) groups is 2. The lowest BCUT2D eigenvalue weighted by Gasteiger charge is -2.32. The number of rotatable bonds is 3. The van der Waals surface area contributed by atoms with Gasteiger partial charge in [-0.2, -0.15) is 0 Å². The summed E-state index contributed by atoms with van der Waals surface area (Å²) in [7, 11) is 0. The lowest BCUT2D eigenvalue weighted by atomic mass is 9.94. The molecule has 1 aliphatic heterocycles. The van der Waals surface area contributed by atoms with Gasteiger partial charge in [-0.25, -0.2) is 0 Å². The van der Waals surface area contributed by atoms with Gasteiger partial charge in [0, 0.05) is 23.1 Å². The first-order valence-corrected chi connectivity index (χ1v) is 7.55. The molecule has 2 rings (SSSR count). The van der Waals surface area contributed by atoms with Crippen LogP contribution in [0.5, 0.6) is 5.75 Å². The first-order valence-electron chi connectivity index (χ1n) is 6.47. The first-order chi connectivity index (χ1) is 9.47. The molecule has 0 spiro atoms. The summed E-state index contributed by atoms with van der Waals surface area (Å²) in [5.74, 6) is -1.09. The van der Waals surface area contributed by atoms with Crippen LogP contribution in [0.2, 0.25) is 0 Å². The summed E-state index contributed by atoms with van der Waals surface area (Å²) in [6.45, 7) is 1.05. The van der Waals surface area contributed by atoms with Gasteiger partial charge in [0.25, 0.3) is 5.91 Å². The van der Waals surface area contributed by atoms with Crippen LogP contribution in [0.1, 0.15) is 29.6 Å². The van der Waals surface area contributed by atoms with Crippen LogP contribution in [0.15, 0.2) is 18.2 Å². The van der Waals surface area contributed by atoms with Crippen molar-refractivity contribution in [3.63, 3.8) is 0 Å². The largest absolute Gasteiger partial charge is 0.507 e. The minimum absolute atomic E-state index is 0.00451. The fraction of sp³-hybridized carbons (Fsp3) is 0.429. The van der Waals surface area contributed by atoms with E-state index in [1.54, 1.807) is 17.0 Å². The lowest BCUT2D eigenvalue weighted by Crippen LogP contribution is -2.40. The fourth-order valence-electron chi connectivity index (χ4n) is 2.51. The Balaban J connectivity index is 2.12. The highest BCUT2D eigenvalue weighted by molar-refractivity contribution is 14.1. The highest BCUT2D eigenvalue weighted by Gasteiger charge is 2.27. The normalized spacial score (nSPS) is 18.9. The van der Waals surface area contributed by atoms with Gasteiger partial charge >= 0.3 is 5.97 Å². The van der Waals surface area contributed by atoms with E-state index in [4.69, 9.17) is 5.11 Å². The third-order valence-electron chi connectivity index (χ3n) is 3.46. The molecule has 1 unspecified atom stereocenters. The van der Waals surface area contributed by atoms with Crippen molar-refractivity contribution < 1.29 is 19.8 Å². The Kier molecular flexibility index (Phi) is 4.85. The molecule has 6 heteroatoms. The average molecular weight is 389 g/mol. The van der Waals surface area contributed by atoms with Crippen LogP contribution in [-0.4, -0.2) is 40.1 Å². The highest BCUT2D eigenvalue weighted by Crippen LogP contribution is 2.25. The molecule has 20 heavy (non-hydrogen) atoms. The average Bonchev–Trinajstić information content (AvgIpc) is 2.40. The van der Waals surface area contributed by atoms with Crippen LogP contribution in [0, 0.1) is 9.49 Å². The van der Waals surface area contributed by atoms with Gasteiger partial charge in [0.1, 0.15) is 5.75 Å². The summed E-state index contributed by atoms with van der Waals surface area (Å²) in [4.78, 5) is 24.8. The van der Waals surface area contributed by atoms with Crippen molar-refractivity contribution in [2.75, 3.05) is 13.1 Å². The molecule has 0 aromatic heterocycles. The summed E-state index contributed by atoms with van der Waals surface area (Å²) in [6.07, 6.45) is 1.71. The predicted molar refractivity (Wildman–Crippen MR) is 81.7 cm³/mol. The maximum absolute atomic E-state index is 12.4. The van der Waals surface area contributed by atoms with Crippen molar-refractivity contribution in [3.8, 4) is 5.75 Å². The fourth-order valence-corrected chi connectivity index (χ4v) is 3.00. The number of hydrogen-bond donors (Lipinski definition) is 2. The molecule has 2 N–H and O–H groups in total. The summed E-state index contributed by atoms with van der Waals surface area (Å²) in [5.41, 5.74) is 0.285. The zero-order valence-electron chi connectivity index (χ0n) is 10.9. The maximum Gasteiger partial charge on any atom is 0.303 e. The summed E-state index contributed by atoms with van der Waals surface area (Å²) < 4.78 is 0.878. The minimum Gasteiger partial charge on any atom is -0.507 e. The number of nitrogens with zero attached hydrogens (tertiary/aromatic N) is 1. The van der Waals surface area contributed by atoms with E-state index in [-0.39, 0.29) is 29.6 Å². The molecule has 1 amide bonds. The summed E-state index contributed by atoms with van der Waals surface area (Å²) in [5, 5.41) is 18.6. The highest BCUT2D eigenvalue weighted by atomic mass is 127. The summed E-state index contributed by atoms with van der Waals surface area (Å²) >= 11 is 2.09. The molecule has 1 atom stereocenters. The molecule has 1 aromatic carbocycles. The number of halogens is 1. The molecule has 1 aliphatic rings. The predicted octanol–water partition coefficient (Wildman–Crippen LogP) is 2.32. The summed E-state index contributed by atoms with van der Waals surface area (Å²) in [6, 6.07) is 4.89. The van der Waals surface area contributed by atoms with Gasteiger partial charge < -0.3 is 15.1 Å². The van der Waals surface area contributed by atoms with Crippen LogP contribution in [0.3, 0.4) is 0 Å². The molecule has 0 radical (unpaired) electrons. The van der Waals surface area contributed by atoms with Crippen molar-refractivity contribution in [3.05, 3.63) is 27.3 Å². The molecular formula is C14H16INO4. The lowest BCUT2D eigenvalue weighted by molar-refractivity contribution is -0.138. The molecule has 0 aliphatic carbocycles. The number of aromatic hydroxyl groups is 1. The van der Waals surface area contributed by atoms with Crippen LogP contribution in [0.4, 0.5) is 0 Å². The van der Waals surface area contributed by atoms with Crippen molar-refractivity contribution in [2.24, 2.45) is 5.92 Å². The molecule has 0 bridgehead atoms. The van der Waals surface area contributed by atoms with Crippen molar-refractivity contribution in [1.29, 1.82) is 0 Å². The second kappa shape index (κ2) is 6.43. The van der Waals surface area contributed by atoms with Gasteiger partial charge in [0.2, 0.25) is 0 Å². The van der Waals surface area contributed by atoms with Crippen molar-refractivity contribution in [2.45, 2.75) is 19.3 Å². The Bertz CT molecular complexity index is 532. The topological polar surface area (TPSA) is 77.8 Å². The van der Waals surface area contributed by atoms with E-state index < -0.39 is 5.97 Å². The number of benzene rings is 1. The molecule has 108 valence electrons. The smallest absolute Gasteiger partial charge is 0.303 e. The second-order valence-electron chi connectivity index (χ2n) is 5.02. The van der Waals surface area contributed by atoms with Gasteiger partial charge in [-0.1, -0.05) is 0 Å².